The number of nitrogens with zero attached hydrogens (tertiary/aromatic N) is 3. The second kappa shape index (κ2) is 10.9. The average Bonchev–Trinajstić information content (AvgIpc) is 3.58. The topological polar surface area (TPSA) is 88.5 Å². The third kappa shape index (κ3) is 5.88. The maximum absolute atomic E-state index is 13.4. The minimum Gasteiger partial charge on any atom is -0.474 e. The average molecular weight is 548 g/mol. The SMILES string of the molecule is C=C(OC(C)(C)C)N1Cc2cc(CNC(=O)[C@@H]3C[C@H](CC)c4cnc(NCc5ccccc5)c(=O)n43)sc2C1. The number of carbonyl (C=O) groups excluding carboxylic acids is 1. The van der Waals surface area contributed by atoms with Gasteiger partial charge in [-0.05, 0) is 57.4 Å². The van der Waals surface area contributed by atoms with Crippen molar-refractivity contribution in [2.24, 2.45) is 0 Å². The van der Waals surface area contributed by atoms with E-state index >= 15 is 0 Å². The predicted octanol–water partition coefficient (Wildman–Crippen LogP) is 5.27. The third-order valence-corrected chi connectivity index (χ3v) is 8.38. The second-order valence-electron chi connectivity index (χ2n) is 11.2. The summed E-state index contributed by atoms with van der Waals surface area (Å²) in [5.74, 6) is 0.956. The predicted molar refractivity (Wildman–Crippen MR) is 154 cm³/mol. The number of anilines is 1. The summed E-state index contributed by atoms with van der Waals surface area (Å²) in [7, 11) is 0. The molecular weight excluding hydrogens is 510 g/mol. The molecule has 2 atom stereocenters. The van der Waals surface area contributed by atoms with Gasteiger partial charge in [-0.2, -0.15) is 0 Å². The Balaban J connectivity index is 1.24. The molecule has 8 nitrogen and oxygen atoms in total. The molecule has 2 aromatic heterocycles. The van der Waals surface area contributed by atoms with Gasteiger partial charge >= 0.3 is 0 Å². The lowest BCUT2D eigenvalue weighted by molar-refractivity contribution is -0.124. The number of nitrogens with one attached hydrogen (secondary N) is 2. The fourth-order valence-electron chi connectivity index (χ4n) is 5.31. The molecule has 2 aliphatic heterocycles. The molecule has 3 aromatic rings. The molecule has 206 valence electrons. The Kier molecular flexibility index (Phi) is 7.53. The van der Waals surface area contributed by atoms with Crippen LogP contribution in [0.4, 0.5) is 5.82 Å². The van der Waals surface area contributed by atoms with Crippen molar-refractivity contribution in [1.29, 1.82) is 0 Å². The Morgan fingerprint density at radius 3 is 2.67 bits per heavy atom. The molecule has 4 heterocycles. The zero-order valence-corrected chi connectivity index (χ0v) is 23.9. The molecule has 1 aromatic carbocycles. The van der Waals surface area contributed by atoms with Crippen LogP contribution in [0.15, 0.2) is 59.9 Å². The van der Waals surface area contributed by atoms with Crippen LogP contribution in [0.3, 0.4) is 0 Å². The molecule has 2 N–H and O–H groups in total. The Hall–Kier alpha value is -3.59. The van der Waals surface area contributed by atoms with E-state index in [1.807, 2.05) is 51.1 Å². The van der Waals surface area contributed by atoms with E-state index in [2.05, 4.69) is 40.1 Å². The molecule has 0 fully saturated rings. The number of aromatic nitrogens is 2. The number of ether oxygens (including phenoxy) is 1. The summed E-state index contributed by atoms with van der Waals surface area (Å²) in [5.41, 5.74) is 2.61. The first-order valence-electron chi connectivity index (χ1n) is 13.5. The van der Waals surface area contributed by atoms with Crippen molar-refractivity contribution < 1.29 is 9.53 Å². The van der Waals surface area contributed by atoms with Crippen LogP contribution in [0.5, 0.6) is 0 Å². The molecule has 0 saturated heterocycles. The summed E-state index contributed by atoms with van der Waals surface area (Å²) in [6.07, 6.45) is 3.20. The van der Waals surface area contributed by atoms with Crippen molar-refractivity contribution in [3.05, 3.63) is 92.0 Å². The number of thiophene rings is 1. The van der Waals surface area contributed by atoms with Crippen molar-refractivity contribution >= 4 is 23.1 Å². The highest BCUT2D eigenvalue weighted by atomic mass is 32.1. The highest BCUT2D eigenvalue weighted by Gasteiger charge is 2.36. The van der Waals surface area contributed by atoms with Gasteiger partial charge in [0.25, 0.3) is 5.56 Å². The summed E-state index contributed by atoms with van der Waals surface area (Å²) >= 11 is 1.70. The van der Waals surface area contributed by atoms with Gasteiger partial charge in [-0.15, -0.1) is 11.3 Å². The van der Waals surface area contributed by atoms with E-state index in [0.717, 1.165) is 35.6 Å². The largest absolute Gasteiger partial charge is 0.474 e. The van der Waals surface area contributed by atoms with E-state index in [4.69, 9.17) is 4.74 Å². The van der Waals surface area contributed by atoms with Crippen molar-refractivity contribution in [3.63, 3.8) is 0 Å². The molecule has 0 bridgehead atoms. The van der Waals surface area contributed by atoms with Gasteiger partial charge in [0.15, 0.2) is 11.7 Å². The molecule has 39 heavy (non-hydrogen) atoms. The zero-order valence-electron chi connectivity index (χ0n) is 23.1. The molecule has 0 radical (unpaired) electrons. The van der Waals surface area contributed by atoms with Gasteiger partial charge in [-0.1, -0.05) is 37.3 Å². The molecule has 9 heteroatoms. The quantitative estimate of drug-likeness (QED) is 0.355. The number of benzene rings is 1. The van der Waals surface area contributed by atoms with Crippen LogP contribution in [0.1, 0.15) is 79.1 Å². The summed E-state index contributed by atoms with van der Waals surface area (Å²) in [6, 6.07) is 11.5. The van der Waals surface area contributed by atoms with E-state index < -0.39 is 6.04 Å². The minimum absolute atomic E-state index is 0.128. The lowest BCUT2D eigenvalue weighted by Gasteiger charge is -2.28. The number of rotatable bonds is 9. The molecular formula is C30H37N5O3S. The van der Waals surface area contributed by atoms with Crippen LogP contribution in [-0.4, -0.2) is 26.0 Å². The van der Waals surface area contributed by atoms with Crippen molar-refractivity contribution in [2.75, 3.05) is 5.32 Å². The number of amides is 1. The highest BCUT2D eigenvalue weighted by molar-refractivity contribution is 7.12. The van der Waals surface area contributed by atoms with Crippen LogP contribution < -0.4 is 16.2 Å². The zero-order chi connectivity index (χ0) is 27.7. The summed E-state index contributed by atoms with van der Waals surface area (Å²) in [4.78, 5) is 35.8. The molecule has 5 rings (SSSR count). The Labute approximate surface area is 233 Å². The van der Waals surface area contributed by atoms with Crippen molar-refractivity contribution in [2.45, 2.75) is 84.3 Å². The smallest absolute Gasteiger partial charge is 0.294 e. The van der Waals surface area contributed by atoms with Crippen LogP contribution in [0, 0.1) is 0 Å². The maximum Gasteiger partial charge on any atom is 0.294 e. The molecule has 2 aliphatic rings. The van der Waals surface area contributed by atoms with Crippen LogP contribution in [-0.2, 0) is 35.7 Å². The summed E-state index contributed by atoms with van der Waals surface area (Å²) in [6.45, 7) is 14.7. The Bertz CT molecular complexity index is 1400. The minimum atomic E-state index is -0.544. The number of hydrogen-bond donors (Lipinski definition) is 2. The number of hydrogen-bond acceptors (Lipinski definition) is 7. The fraction of sp³-hybridized carbons (Fsp3) is 0.433. The van der Waals surface area contributed by atoms with Gasteiger partial charge in [0.2, 0.25) is 5.91 Å². The van der Waals surface area contributed by atoms with E-state index in [-0.39, 0.29) is 28.8 Å². The van der Waals surface area contributed by atoms with Gasteiger partial charge in [0.1, 0.15) is 11.6 Å². The summed E-state index contributed by atoms with van der Waals surface area (Å²) < 4.78 is 7.58. The van der Waals surface area contributed by atoms with E-state index in [1.165, 1.54) is 10.4 Å². The number of carbonyl (C=O) groups is 1. The van der Waals surface area contributed by atoms with E-state index in [9.17, 15) is 9.59 Å². The van der Waals surface area contributed by atoms with Crippen molar-refractivity contribution in [1.82, 2.24) is 19.8 Å². The number of fused-ring (bicyclic) bond motifs is 2. The van der Waals surface area contributed by atoms with E-state index in [1.54, 1.807) is 22.1 Å². The lowest BCUT2D eigenvalue weighted by atomic mass is 9.99. The standard InChI is InChI=1S/C30H37N5O3S/c1-6-21-13-24(35-25(21)16-32-27(29(35)37)31-14-20-10-8-7-9-11-20)28(36)33-15-23-12-22-17-34(18-26(22)39-23)19(2)38-30(3,4)5/h7-12,16,21,24H,2,6,13-15,17-18H2,1,3-5H3,(H,31,32)(H,33,36)/t21-,24-/m0/s1. The molecule has 1 amide bonds. The second-order valence-corrected chi connectivity index (χ2v) is 12.5. The monoisotopic (exact) mass is 547 g/mol. The molecule has 0 spiro atoms. The van der Waals surface area contributed by atoms with E-state index in [0.29, 0.717) is 25.4 Å². The molecule has 0 saturated carbocycles. The van der Waals surface area contributed by atoms with Gasteiger partial charge in [0.05, 0.1) is 13.1 Å². The van der Waals surface area contributed by atoms with Crippen LogP contribution >= 0.6 is 11.3 Å². The maximum atomic E-state index is 13.4. The third-order valence-electron chi connectivity index (χ3n) is 7.22. The molecule has 0 unspecified atom stereocenters. The van der Waals surface area contributed by atoms with Gasteiger partial charge in [0, 0.05) is 40.7 Å². The van der Waals surface area contributed by atoms with Gasteiger partial charge in [-0.3, -0.25) is 14.2 Å². The van der Waals surface area contributed by atoms with Gasteiger partial charge in [-0.25, -0.2) is 4.98 Å². The van der Waals surface area contributed by atoms with Crippen molar-refractivity contribution in [3.8, 4) is 0 Å². The van der Waals surface area contributed by atoms with Crippen LogP contribution in [0.25, 0.3) is 0 Å². The highest BCUT2D eigenvalue weighted by Crippen LogP contribution is 2.37. The fourth-order valence-corrected chi connectivity index (χ4v) is 6.44. The first-order valence-corrected chi connectivity index (χ1v) is 14.3. The molecule has 0 aliphatic carbocycles. The Morgan fingerprint density at radius 1 is 1.21 bits per heavy atom. The first kappa shape index (κ1) is 27.0. The lowest BCUT2D eigenvalue weighted by Crippen LogP contribution is -2.36. The Morgan fingerprint density at radius 2 is 1.97 bits per heavy atom. The first-order chi connectivity index (χ1) is 18.6. The van der Waals surface area contributed by atoms with Crippen LogP contribution in [0.2, 0.25) is 0 Å². The van der Waals surface area contributed by atoms with Gasteiger partial charge < -0.3 is 20.3 Å². The normalized spacial score (nSPS) is 18.0. The summed E-state index contributed by atoms with van der Waals surface area (Å²) in [5, 5.41) is 6.26.